The molecule has 4 nitrogen and oxygen atoms in total. The normalized spacial score (nSPS) is 9.74. The first-order valence-electron chi connectivity index (χ1n) is 5.72. The number of halogens is 1. The number of benzene rings is 2. The van der Waals surface area contributed by atoms with Crippen molar-refractivity contribution in [3.05, 3.63) is 59.6 Å². The van der Waals surface area contributed by atoms with E-state index in [0.717, 1.165) is 5.69 Å². The molecule has 2 aromatic rings. The zero-order valence-electron chi connectivity index (χ0n) is 10.1. The summed E-state index contributed by atoms with van der Waals surface area (Å²) in [5.41, 5.74) is 0.728. The molecule has 0 bridgehead atoms. The smallest absolute Gasteiger partial charge is 0.321 e. The minimum Gasteiger partial charge on any atom is -0.473 e. The minimum atomic E-state index is -0.319. The average Bonchev–Trinajstić information content (AvgIpc) is 2.42. The van der Waals surface area contributed by atoms with Gasteiger partial charge < -0.3 is 15.4 Å². The molecule has 0 unspecified atom stereocenters. The molecule has 0 aliphatic rings. The Labute approximate surface area is 116 Å². The SMILES string of the molecule is O=C(NCOc1ccc(Cl)cc1)Nc1ccccc1. The highest BCUT2D eigenvalue weighted by Gasteiger charge is 2.00. The first-order valence-corrected chi connectivity index (χ1v) is 6.10. The van der Waals surface area contributed by atoms with Crippen LogP contribution in [0.2, 0.25) is 5.02 Å². The van der Waals surface area contributed by atoms with Gasteiger partial charge in [-0.1, -0.05) is 29.8 Å². The summed E-state index contributed by atoms with van der Waals surface area (Å²) in [7, 11) is 0. The van der Waals surface area contributed by atoms with Crippen LogP contribution in [0.15, 0.2) is 54.6 Å². The molecule has 98 valence electrons. The predicted octanol–water partition coefficient (Wildman–Crippen LogP) is 3.50. The third-order valence-corrected chi connectivity index (χ3v) is 2.57. The lowest BCUT2D eigenvalue weighted by Gasteiger charge is -2.09. The van der Waals surface area contributed by atoms with E-state index >= 15 is 0 Å². The topological polar surface area (TPSA) is 50.4 Å². The quantitative estimate of drug-likeness (QED) is 0.840. The first kappa shape index (κ1) is 13.2. The number of nitrogens with one attached hydrogen (secondary N) is 2. The van der Waals surface area contributed by atoms with Gasteiger partial charge in [-0.2, -0.15) is 0 Å². The molecule has 2 aromatic carbocycles. The summed E-state index contributed by atoms with van der Waals surface area (Å²) in [5.74, 6) is 0.643. The molecule has 0 aliphatic heterocycles. The van der Waals surface area contributed by atoms with Gasteiger partial charge in [-0.25, -0.2) is 4.79 Å². The zero-order chi connectivity index (χ0) is 13.5. The van der Waals surface area contributed by atoms with E-state index < -0.39 is 0 Å². The molecule has 0 saturated heterocycles. The standard InChI is InChI=1S/C14H13ClN2O2/c15-11-6-8-13(9-7-11)19-10-16-14(18)17-12-4-2-1-3-5-12/h1-9H,10H2,(H2,16,17,18). The Balaban J connectivity index is 1.74. The molecule has 0 radical (unpaired) electrons. The summed E-state index contributed by atoms with van der Waals surface area (Å²) in [6, 6.07) is 15.8. The number of carbonyl (C=O) groups excluding carboxylic acids is 1. The van der Waals surface area contributed by atoms with Crippen LogP contribution >= 0.6 is 11.6 Å². The van der Waals surface area contributed by atoms with Crippen LogP contribution in [0.4, 0.5) is 10.5 Å². The van der Waals surface area contributed by atoms with Gasteiger partial charge in [0.15, 0.2) is 6.73 Å². The molecular weight excluding hydrogens is 264 g/mol. The van der Waals surface area contributed by atoms with Crippen molar-refractivity contribution in [3.63, 3.8) is 0 Å². The van der Waals surface area contributed by atoms with E-state index in [1.807, 2.05) is 18.2 Å². The van der Waals surface area contributed by atoms with E-state index in [0.29, 0.717) is 10.8 Å². The molecule has 0 spiro atoms. The predicted molar refractivity (Wildman–Crippen MR) is 75.5 cm³/mol. The fraction of sp³-hybridized carbons (Fsp3) is 0.0714. The van der Waals surface area contributed by atoms with E-state index in [-0.39, 0.29) is 12.8 Å². The lowest BCUT2D eigenvalue weighted by Crippen LogP contribution is -2.31. The van der Waals surface area contributed by atoms with Gasteiger partial charge in [0.05, 0.1) is 0 Å². The number of hydrogen-bond donors (Lipinski definition) is 2. The van der Waals surface area contributed by atoms with Crippen LogP contribution in [0.1, 0.15) is 0 Å². The Bertz CT molecular complexity index is 529. The van der Waals surface area contributed by atoms with Gasteiger partial charge in [0.2, 0.25) is 0 Å². The zero-order valence-corrected chi connectivity index (χ0v) is 10.9. The van der Waals surface area contributed by atoms with Crippen molar-refractivity contribution in [2.75, 3.05) is 12.0 Å². The van der Waals surface area contributed by atoms with Crippen molar-refractivity contribution in [3.8, 4) is 5.75 Å². The lowest BCUT2D eigenvalue weighted by molar-refractivity contribution is 0.234. The van der Waals surface area contributed by atoms with E-state index in [9.17, 15) is 4.79 Å². The number of carbonyl (C=O) groups is 1. The molecule has 19 heavy (non-hydrogen) atoms. The van der Waals surface area contributed by atoms with Crippen molar-refractivity contribution in [1.82, 2.24) is 5.32 Å². The second kappa shape index (κ2) is 6.66. The lowest BCUT2D eigenvalue weighted by atomic mass is 10.3. The van der Waals surface area contributed by atoms with Gasteiger partial charge in [0.25, 0.3) is 0 Å². The molecule has 0 aliphatic carbocycles. The second-order valence-corrected chi connectivity index (χ2v) is 4.18. The fourth-order valence-electron chi connectivity index (χ4n) is 1.41. The van der Waals surface area contributed by atoms with Gasteiger partial charge in [0, 0.05) is 10.7 Å². The number of hydrogen-bond acceptors (Lipinski definition) is 2. The van der Waals surface area contributed by atoms with Gasteiger partial charge in [0.1, 0.15) is 5.75 Å². The van der Waals surface area contributed by atoms with Crippen molar-refractivity contribution in [1.29, 1.82) is 0 Å². The van der Waals surface area contributed by atoms with E-state index in [2.05, 4.69) is 10.6 Å². The molecule has 2 N–H and O–H groups in total. The summed E-state index contributed by atoms with van der Waals surface area (Å²) < 4.78 is 5.34. The summed E-state index contributed by atoms with van der Waals surface area (Å²) in [4.78, 5) is 11.5. The highest BCUT2D eigenvalue weighted by Crippen LogP contribution is 2.14. The van der Waals surface area contributed by atoms with E-state index in [4.69, 9.17) is 16.3 Å². The molecule has 5 heteroatoms. The van der Waals surface area contributed by atoms with Crippen LogP contribution in [-0.2, 0) is 0 Å². The van der Waals surface area contributed by atoms with Crippen LogP contribution < -0.4 is 15.4 Å². The number of rotatable bonds is 4. The monoisotopic (exact) mass is 276 g/mol. The maximum atomic E-state index is 11.5. The Morgan fingerprint density at radius 3 is 2.42 bits per heavy atom. The Morgan fingerprint density at radius 2 is 1.74 bits per heavy atom. The second-order valence-electron chi connectivity index (χ2n) is 3.74. The van der Waals surface area contributed by atoms with Crippen LogP contribution in [-0.4, -0.2) is 12.8 Å². The Hall–Kier alpha value is -2.20. The Kier molecular flexibility index (Phi) is 4.64. The Morgan fingerprint density at radius 1 is 1.05 bits per heavy atom. The molecular formula is C14H13ClN2O2. The maximum absolute atomic E-state index is 11.5. The van der Waals surface area contributed by atoms with Crippen molar-refractivity contribution < 1.29 is 9.53 Å². The van der Waals surface area contributed by atoms with Crippen molar-refractivity contribution >= 4 is 23.3 Å². The first-order chi connectivity index (χ1) is 9.24. The average molecular weight is 277 g/mol. The third kappa shape index (κ3) is 4.52. The van der Waals surface area contributed by atoms with Gasteiger partial charge in [-0.15, -0.1) is 0 Å². The molecule has 0 fully saturated rings. The fourth-order valence-corrected chi connectivity index (χ4v) is 1.54. The van der Waals surface area contributed by atoms with E-state index in [1.54, 1.807) is 36.4 Å². The third-order valence-electron chi connectivity index (χ3n) is 2.32. The van der Waals surface area contributed by atoms with Gasteiger partial charge in [-0.3, -0.25) is 0 Å². The summed E-state index contributed by atoms with van der Waals surface area (Å²) in [6.07, 6.45) is 0. The van der Waals surface area contributed by atoms with Gasteiger partial charge >= 0.3 is 6.03 Å². The molecule has 0 heterocycles. The largest absolute Gasteiger partial charge is 0.473 e. The number of para-hydroxylation sites is 1. The highest BCUT2D eigenvalue weighted by molar-refractivity contribution is 6.30. The molecule has 0 aromatic heterocycles. The number of amides is 2. The summed E-state index contributed by atoms with van der Waals surface area (Å²) in [5, 5.41) is 5.92. The van der Waals surface area contributed by atoms with Crippen LogP contribution in [0.25, 0.3) is 0 Å². The van der Waals surface area contributed by atoms with Crippen molar-refractivity contribution in [2.45, 2.75) is 0 Å². The number of ether oxygens (including phenoxy) is 1. The molecule has 2 amide bonds. The highest BCUT2D eigenvalue weighted by atomic mass is 35.5. The van der Waals surface area contributed by atoms with Crippen LogP contribution in [0.5, 0.6) is 5.75 Å². The minimum absolute atomic E-state index is 0.0836. The molecule has 2 rings (SSSR count). The van der Waals surface area contributed by atoms with E-state index in [1.165, 1.54) is 0 Å². The van der Waals surface area contributed by atoms with Crippen LogP contribution in [0.3, 0.4) is 0 Å². The number of anilines is 1. The summed E-state index contributed by atoms with van der Waals surface area (Å²) >= 11 is 5.75. The van der Waals surface area contributed by atoms with Gasteiger partial charge in [-0.05, 0) is 36.4 Å². The van der Waals surface area contributed by atoms with Crippen LogP contribution in [0, 0.1) is 0 Å². The number of urea groups is 1. The summed E-state index contributed by atoms with van der Waals surface area (Å²) in [6.45, 7) is 0.0836. The maximum Gasteiger partial charge on any atom is 0.321 e. The molecule has 0 saturated carbocycles. The molecule has 0 atom stereocenters. The van der Waals surface area contributed by atoms with Crippen molar-refractivity contribution in [2.24, 2.45) is 0 Å².